The molecule has 0 saturated carbocycles. The number of hydrogen-bond donors (Lipinski definition) is 1. The number of piperazine rings is 1. The van der Waals surface area contributed by atoms with E-state index in [1.807, 2.05) is 7.05 Å². The van der Waals surface area contributed by atoms with Gasteiger partial charge in [-0.2, -0.15) is 4.31 Å². The van der Waals surface area contributed by atoms with Gasteiger partial charge in [0.1, 0.15) is 0 Å². The number of hydrogen-bond acceptors (Lipinski definition) is 8. The fraction of sp³-hybridized carbons (Fsp3) is 0.700. The molecule has 182 valence electrons. The highest BCUT2D eigenvalue weighted by Gasteiger charge is 2.36. The number of amides is 2. The Balaban J connectivity index is 1.25. The van der Waals surface area contributed by atoms with Gasteiger partial charge < -0.3 is 19.6 Å². The molecule has 0 spiro atoms. The predicted octanol–water partition coefficient (Wildman–Crippen LogP) is -0.215. The predicted molar refractivity (Wildman–Crippen MR) is 119 cm³/mol. The lowest BCUT2D eigenvalue weighted by atomic mass is 9.98. The molecular weight excluding hydrogens is 452 g/mol. The van der Waals surface area contributed by atoms with Crippen molar-refractivity contribution >= 4 is 27.8 Å². The molecule has 4 rings (SSSR count). The molecule has 0 aliphatic carbocycles. The minimum atomic E-state index is -3.47. The number of anilines is 1. The molecule has 0 bridgehead atoms. The molecule has 0 radical (unpaired) electrons. The van der Waals surface area contributed by atoms with Gasteiger partial charge in [0.15, 0.2) is 5.82 Å². The first-order chi connectivity index (χ1) is 15.7. The molecule has 3 aliphatic heterocycles. The van der Waals surface area contributed by atoms with E-state index in [0.29, 0.717) is 31.4 Å². The van der Waals surface area contributed by atoms with Gasteiger partial charge in [0.2, 0.25) is 21.8 Å². The molecule has 13 heteroatoms. The first kappa shape index (κ1) is 23.6. The van der Waals surface area contributed by atoms with Gasteiger partial charge in [0, 0.05) is 39.3 Å². The van der Waals surface area contributed by atoms with E-state index in [-0.39, 0.29) is 43.1 Å². The number of piperidine rings is 1. The second kappa shape index (κ2) is 9.77. The number of carbonyl (C=O) groups excluding carboxylic acids is 1. The molecule has 1 N–H and O–H groups in total. The summed E-state index contributed by atoms with van der Waals surface area (Å²) in [7, 11) is -1.52. The summed E-state index contributed by atoms with van der Waals surface area (Å²) in [4.78, 5) is 37.0. The van der Waals surface area contributed by atoms with E-state index < -0.39 is 16.1 Å². The maximum Gasteiger partial charge on any atom is 0.407 e. The Morgan fingerprint density at radius 2 is 1.85 bits per heavy atom. The monoisotopic (exact) mass is 482 g/mol. The van der Waals surface area contributed by atoms with Crippen LogP contribution in [0.3, 0.4) is 0 Å². The minimum absolute atomic E-state index is 0.0752. The van der Waals surface area contributed by atoms with Crippen LogP contribution in [0.15, 0.2) is 12.4 Å². The first-order valence-electron chi connectivity index (χ1n) is 11.1. The highest BCUT2D eigenvalue weighted by atomic mass is 32.2. The molecule has 3 saturated heterocycles. The normalized spacial score (nSPS) is 21.8. The molecule has 3 aliphatic rings. The van der Waals surface area contributed by atoms with Crippen molar-refractivity contribution in [2.75, 3.05) is 70.1 Å². The summed E-state index contributed by atoms with van der Waals surface area (Å²) in [5.41, 5.74) is 0. The van der Waals surface area contributed by atoms with Crippen LogP contribution in [0.25, 0.3) is 0 Å². The summed E-state index contributed by atoms with van der Waals surface area (Å²) in [5, 5.41) is 9.01. The fourth-order valence-corrected chi connectivity index (χ4v) is 6.17. The summed E-state index contributed by atoms with van der Waals surface area (Å²) < 4.78 is 32.3. The van der Waals surface area contributed by atoms with Gasteiger partial charge in [0.25, 0.3) is 0 Å². The smallest absolute Gasteiger partial charge is 0.407 e. The lowest BCUT2D eigenvalue weighted by Gasteiger charge is -2.38. The molecule has 12 nitrogen and oxygen atoms in total. The van der Waals surface area contributed by atoms with Crippen molar-refractivity contribution in [3.63, 3.8) is 0 Å². The molecule has 0 aromatic carbocycles. The number of likely N-dealkylation sites (tertiary alicyclic amines) is 2. The zero-order valence-corrected chi connectivity index (χ0v) is 19.5. The maximum absolute atomic E-state index is 12.6. The van der Waals surface area contributed by atoms with Gasteiger partial charge in [-0.1, -0.05) is 0 Å². The van der Waals surface area contributed by atoms with Crippen LogP contribution in [0, 0.1) is 11.8 Å². The van der Waals surface area contributed by atoms with Crippen molar-refractivity contribution < 1.29 is 27.9 Å². The minimum Gasteiger partial charge on any atom is -0.476 e. The van der Waals surface area contributed by atoms with Gasteiger partial charge >= 0.3 is 6.09 Å². The average Bonchev–Trinajstić information content (AvgIpc) is 2.77. The number of carboxylic acid groups (broad SMARTS) is 1. The van der Waals surface area contributed by atoms with Crippen molar-refractivity contribution in [2.45, 2.75) is 12.8 Å². The number of nitrogens with zero attached hydrogens (tertiary/aromatic N) is 6. The molecule has 33 heavy (non-hydrogen) atoms. The number of rotatable bonds is 7. The van der Waals surface area contributed by atoms with Crippen LogP contribution in [0.5, 0.6) is 5.88 Å². The number of aromatic nitrogens is 2. The fourth-order valence-electron chi connectivity index (χ4n) is 4.49. The van der Waals surface area contributed by atoms with Gasteiger partial charge in [0.05, 0.1) is 31.3 Å². The molecular formula is C20H30N6O6S. The number of sulfonamides is 1. The second-order valence-electron chi connectivity index (χ2n) is 8.98. The van der Waals surface area contributed by atoms with E-state index in [1.54, 1.807) is 0 Å². The van der Waals surface area contributed by atoms with E-state index >= 15 is 0 Å². The lowest BCUT2D eigenvalue weighted by molar-refractivity contribution is -0.120. The summed E-state index contributed by atoms with van der Waals surface area (Å²) in [5.74, 6) is 0.809. The summed E-state index contributed by atoms with van der Waals surface area (Å²) in [6.07, 6.45) is 3.48. The lowest BCUT2D eigenvalue weighted by Crippen LogP contribution is -2.55. The molecule has 4 heterocycles. The van der Waals surface area contributed by atoms with Crippen LogP contribution in [-0.2, 0) is 14.8 Å². The van der Waals surface area contributed by atoms with Crippen molar-refractivity contribution in [3.05, 3.63) is 12.4 Å². The van der Waals surface area contributed by atoms with Crippen LogP contribution in [0.1, 0.15) is 12.8 Å². The SMILES string of the molecule is CN1CC(CS(=O)(=O)N2CCN(c3cnc(OCC4CCN(C(=O)O)CC4)cn3)C(=O)C2)C1. The van der Waals surface area contributed by atoms with Crippen LogP contribution in [-0.4, -0.2) is 115 Å². The molecule has 0 atom stereocenters. The quantitative estimate of drug-likeness (QED) is 0.559. The Morgan fingerprint density at radius 3 is 2.42 bits per heavy atom. The van der Waals surface area contributed by atoms with Crippen molar-refractivity contribution in [3.8, 4) is 5.88 Å². The Bertz CT molecular complexity index is 960. The molecule has 1 aromatic heterocycles. The Kier molecular flexibility index (Phi) is 7.00. The van der Waals surface area contributed by atoms with E-state index in [1.165, 1.54) is 26.5 Å². The summed E-state index contributed by atoms with van der Waals surface area (Å²) in [6, 6.07) is 0. The summed E-state index contributed by atoms with van der Waals surface area (Å²) in [6.45, 7) is 3.20. The largest absolute Gasteiger partial charge is 0.476 e. The van der Waals surface area contributed by atoms with Gasteiger partial charge in [-0.05, 0) is 31.7 Å². The van der Waals surface area contributed by atoms with Gasteiger partial charge in [-0.25, -0.2) is 23.2 Å². The topological polar surface area (TPSA) is 136 Å². The van der Waals surface area contributed by atoms with E-state index in [9.17, 15) is 18.0 Å². The highest BCUT2D eigenvalue weighted by Crippen LogP contribution is 2.22. The van der Waals surface area contributed by atoms with Crippen molar-refractivity contribution in [1.29, 1.82) is 0 Å². The van der Waals surface area contributed by atoms with Crippen molar-refractivity contribution in [2.24, 2.45) is 11.8 Å². The number of carbonyl (C=O) groups is 2. The van der Waals surface area contributed by atoms with Crippen LogP contribution in [0.4, 0.5) is 10.6 Å². The van der Waals surface area contributed by atoms with E-state index in [2.05, 4.69) is 14.9 Å². The second-order valence-corrected chi connectivity index (χ2v) is 11.0. The summed E-state index contributed by atoms with van der Waals surface area (Å²) >= 11 is 0. The zero-order chi connectivity index (χ0) is 23.6. The van der Waals surface area contributed by atoms with E-state index in [4.69, 9.17) is 9.84 Å². The average molecular weight is 483 g/mol. The molecule has 1 aromatic rings. The molecule has 2 amide bonds. The van der Waals surface area contributed by atoms with Crippen LogP contribution >= 0.6 is 0 Å². The third-order valence-electron chi connectivity index (χ3n) is 6.41. The Hall–Kier alpha value is -2.51. The Morgan fingerprint density at radius 1 is 1.12 bits per heavy atom. The van der Waals surface area contributed by atoms with Crippen LogP contribution in [0.2, 0.25) is 0 Å². The standard InChI is InChI=1S/C20H30N6O6S/c1-23-10-16(11-23)14-33(30,31)25-6-7-26(19(27)12-25)17-8-22-18(9-21-17)32-13-15-2-4-24(5-3-15)20(28)29/h8-9,15-16H,2-7,10-14H2,1H3,(H,28,29). The van der Waals surface area contributed by atoms with Crippen LogP contribution < -0.4 is 9.64 Å². The third kappa shape index (κ3) is 5.71. The van der Waals surface area contributed by atoms with Gasteiger partial charge in [-0.15, -0.1) is 0 Å². The number of ether oxygens (including phenoxy) is 1. The third-order valence-corrected chi connectivity index (χ3v) is 8.40. The van der Waals surface area contributed by atoms with Crippen molar-refractivity contribution in [1.82, 2.24) is 24.1 Å². The maximum atomic E-state index is 12.6. The first-order valence-corrected chi connectivity index (χ1v) is 12.7. The Labute approximate surface area is 193 Å². The molecule has 0 unspecified atom stereocenters. The van der Waals surface area contributed by atoms with Gasteiger partial charge in [-0.3, -0.25) is 9.69 Å². The zero-order valence-electron chi connectivity index (χ0n) is 18.7. The van der Waals surface area contributed by atoms with E-state index in [0.717, 1.165) is 25.9 Å². The highest BCUT2D eigenvalue weighted by molar-refractivity contribution is 7.89. The molecule has 3 fully saturated rings.